The number of amides is 1. The maximum atomic E-state index is 12.8. The predicted molar refractivity (Wildman–Crippen MR) is 106 cm³/mol. The monoisotopic (exact) mass is 396 g/mol. The van der Waals surface area contributed by atoms with Crippen molar-refractivity contribution in [2.24, 2.45) is 0 Å². The van der Waals surface area contributed by atoms with Crippen LogP contribution in [0.4, 0.5) is 5.69 Å². The van der Waals surface area contributed by atoms with E-state index < -0.39 is 10.0 Å². The lowest BCUT2D eigenvalue weighted by molar-refractivity contribution is 0.0989. The minimum Gasteiger partial charge on any atom is -0.468 e. The maximum Gasteiger partial charge on any atom is 0.258 e. The Bertz CT molecular complexity index is 1100. The fraction of sp³-hybridized carbons (Fsp3) is 0.190. The van der Waals surface area contributed by atoms with Crippen molar-refractivity contribution >= 4 is 21.6 Å². The first-order valence-corrected chi connectivity index (χ1v) is 10.5. The molecular formula is C21H20N2O4S. The summed E-state index contributed by atoms with van der Waals surface area (Å²) < 4.78 is 32.8. The van der Waals surface area contributed by atoms with Gasteiger partial charge in [0.05, 0.1) is 17.7 Å². The average Bonchev–Trinajstić information content (AvgIpc) is 3.36. The number of rotatable bonds is 5. The van der Waals surface area contributed by atoms with Crippen molar-refractivity contribution in [3.63, 3.8) is 0 Å². The fourth-order valence-electron chi connectivity index (χ4n) is 3.27. The van der Waals surface area contributed by atoms with Crippen LogP contribution in [0.3, 0.4) is 0 Å². The highest BCUT2D eigenvalue weighted by molar-refractivity contribution is 7.89. The van der Waals surface area contributed by atoms with Crippen molar-refractivity contribution in [3.05, 3.63) is 83.3 Å². The van der Waals surface area contributed by atoms with Crippen molar-refractivity contribution < 1.29 is 17.6 Å². The summed E-state index contributed by atoms with van der Waals surface area (Å²) in [6.45, 7) is 2.59. The quantitative estimate of drug-likeness (QED) is 0.718. The molecule has 28 heavy (non-hydrogen) atoms. The third kappa shape index (κ3) is 3.58. The van der Waals surface area contributed by atoms with Gasteiger partial charge in [-0.2, -0.15) is 0 Å². The van der Waals surface area contributed by atoms with Crippen LogP contribution in [-0.2, 0) is 23.0 Å². The smallest absolute Gasteiger partial charge is 0.258 e. The summed E-state index contributed by atoms with van der Waals surface area (Å²) in [6.07, 6.45) is 2.12. The molecule has 2 aromatic carbocycles. The Morgan fingerprint density at radius 2 is 1.93 bits per heavy atom. The molecule has 7 heteroatoms. The van der Waals surface area contributed by atoms with Crippen LogP contribution in [0.25, 0.3) is 0 Å². The number of anilines is 1. The van der Waals surface area contributed by atoms with Gasteiger partial charge in [-0.25, -0.2) is 13.1 Å². The van der Waals surface area contributed by atoms with Gasteiger partial charge in [-0.15, -0.1) is 0 Å². The molecule has 3 aromatic rings. The molecule has 0 radical (unpaired) electrons. The van der Waals surface area contributed by atoms with Gasteiger partial charge in [-0.3, -0.25) is 4.79 Å². The molecule has 4 rings (SSSR count). The first kappa shape index (κ1) is 18.5. The lowest BCUT2D eigenvalue weighted by atomic mass is 10.1. The highest BCUT2D eigenvalue weighted by Crippen LogP contribution is 2.31. The molecule has 1 amide bonds. The van der Waals surface area contributed by atoms with Gasteiger partial charge in [-0.05, 0) is 61.4 Å². The normalized spacial score (nSPS) is 13.5. The van der Waals surface area contributed by atoms with Crippen LogP contribution in [0, 0.1) is 6.92 Å². The second kappa shape index (κ2) is 7.26. The van der Waals surface area contributed by atoms with E-state index in [9.17, 15) is 13.2 Å². The van der Waals surface area contributed by atoms with Crippen LogP contribution in [0.5, 0.6) is 0 Å². The van der Waals surface area contributed by atoms with Crippen molar-refractivity contribution in [2.75, 3.05) is 11.4 Å². The number of sulfonamides is 1. The topological polar surface area (TPSA) is 79.6 Å². The van der Waals surface area contributed by atoms with Gasteiger partial charge in [0, 0.05) is 17.8 Å². The van der Waals surface area contributed by atoms with Crippen molar-refractivity contribution in [1.29, 1.82) is 0 Å². The van der Waals surface area contributed by atoms with Gasteiger partial charge in [-0.1, -0.05) is 17.7 Å². The van der Waals surface area contributed by atoms with Gasteiger partial charge in [0.25, 0.3) is 5.91 Å². The van der Waals surface area contributed by atoms with E-state index >= 15 is 0 Å². The van der Waals surface area contributed by atoms with E-state index in [4.69, 9.17) is 4.42 Å². The molecule has 0 fully saturated rings. The molecule has 1 N–H and O–H groups in total. The van der Waals surface area contributed by atoms with E-state index in [1.807, 2.05) is 31.2 Å². The number of benzene rings is 2. The van der Waals surface area contributed by atoms with E-state index in [1.165, 1.54) is 12.3 Å². The van der Waals surface area contributed by atoms with Crippen LogP contribution in [0.2, 0.25) is 0 Å². The number of nitrogens with zero attached hydrogens (tertiary/aromatic N) is 1. The zero-order chi connectivity index (χ0) is 19.7. The second-order valence-corrected chi connectivity index (χ2v) is 8.53. The fourth-order valence-corrected chi connectivity index (χ4v) is 4.31. The number of aryl methyl sites for hydroxylation is 1. The molecule has 0 saturated heterocycles. The summed E-state index contributed by atoms with van der Waals surface area (Å²) in [5.74, 6) is 0.463. The van der Waals surface area contributed by atoms with Gasteiger partial charge in [0.1, 0.15) is 5.76 Å². The molecule has 2 heterocycles. The third-order valence-corrected chi connectivity index (χ3v) is 6.22. The van der Waals surface area contributed by atoms with Crippen molar-refractivity contribution in [1.82, 2.24) is 4.72 Å². The number of hydrogen-bond donors (Lipinski definition) is 1. The Morgan fingerprint density at radius 1 is 1.14 bits per heavy atom. The average molecular weight is 396 g/mol. The molecule has 0 saturated carbocycles. The SMILES string of the molecule is Cc1ccc(C(=O)N2CCc3cc(S(=O)(=O)NCc4ccco4)ccc32)cc1. The Kier molecular flexibility index (Phi) is 4.78. The van der Waals surface area contributed by atoms with Gasteiger partial charge in [0.2, 0.25) is 10.0 Å². The van der Waals surface area contributed by atoms with Crippen LogP contribution >= 0.6 is 0 Å². The number of carbonyl (C=O) groups excluding carboxylic acids is 1. The van der Waals surface area contributed by atoms with Crippen molar-refractivity contribution in [3.8, 4) is 0 Å². The highest BCUT2D eigenvalue weighted by atomic mass is 32.2. The van der Waals surface area contributed by atoms with Crippen molar-refractivity contribution in [2.45, 2.75) is 24.8 Å². The number of fused-ring (bicyclic) bond motifs is 1. The summed E-state index contributed by atoms with van der Waals surface area (Å²) in [7, 11) is -3.67. The lowest BCUT2D eigenvalue weighted by Crippen LogP contribution is -2.28. The standard InChI is InChI=1S/C21H20N2O4S/c1-15-4-6-16(7-5-15)21(24)23-11-10-17-13-19(8-9-20(17)23)28(25,26)22-14-18-3-2-12-27-18/h2-9,12-13,22H,10-11,14H2,1H3. The molecule has 6 nitrogen and oxygen atoms in total. The summed E-state index contributed by atoms with van der Waals surface area (Å²) in [5.41, 5.74) is 3.32. The molecule has 0 atom stereocenters. The summed E-state index contributed by atoms with van der Waals surface area (Å²) in [4.78, 5) is 14.7. The summed E-state index contributed by atoms with van der Waals surface area (Å²) in [6, 6.07) is 15.7. The molecule has 0 spiro atoms. The zero-order valence-electron chi connectivity index (χ0n) is 15.4. The largest absolute Gasteiger partial charge is 0.468 e. The number of carbonyl (C=O) groups is 1. The van der Waals surface area contributed by atoms with E-state index in [2.05, 4.69) is 4.72 Å². The molecule has 0 aliphatic carbocycles. The number of nitrogens with one attached hydrogen (secondary N) is 1. The number of furan rings is 1. The van der Waals surface area contributed by atoms with E-state index in [1.54, 1.807) is 29.2 Å². The first-order valence-electron chi connectivity index (χ1n) is 8.97. The summed E-state index contributed by atoms with van der Waals surface area (Å²) >= 11 is 0. The zero-order valence-corrected chi connectivity index (χ0v) is 16.2. The van der Waals surface area contributed by atoms with E-state index in [-0.39, 0.29) is 17.3 Å². The Labute approximate surface area is 163 Å². The minimum atomic E-state index is -3.67. The molecule has 1 aromatic heterocycles. The minimum absolute atomic E-state index is 0.0784. The first-order chi connectivity index (χ1) is 13.4. The second-order valence-electron chi connectivity index (χ2n) is 6.77. The number of hydrogen-bond acceptors (Lipinski definition) is 4. The molecule has 1 aliphatic rings. The molecular weight excluding hydrogens is 376 g/mol. The van der Waals surface area contributed by atoms with Crippen LogP contribution in [0.15, 0.2) is 70.2 Å². The molecule has 0 bridgehead atoms. The lowest BCUT2D eigenvalue weighted by Gasteiger charge is -2.18. The maximum absolute atomic E-state index is 12.8. The third-order valence-electron chi connectivity index (χ3n) is 4.82. The van der Waals surface area contributed by atoms with Crippen LogP contribution < -0.4 is 9.62 Å². The van der Waals surface area contributed by atoms with Gasteiger partial charge >= 0.3 is 0 Å². The van der Waals surface area contributed by atoms with E-state index in [0.717, 1.165) is 16.8 Å². The van der Waals surface area contributed by atoms with Crippen LogP contribution in [0.1, 0.15) is 27.2 Å². The molecule has 0 unspecified atom stereocenters. The Hall–Kier alpha value is -2.90. The van der Waals surface area contributed by atoms with Gasteiger partial charge in [0.15, 0.2) is 0 Å². The van der Waals surface area contributed by atoms with E-state index in [0.29, 0.717) is 24.3 Å². The molecule has 144 valence electrons. The predicted octanol–water partition coefficient (Wildman–Crippen LogP) is 3.27. The summed E-state index contributed by atoms with van der Waals surface area (Å²) in [5, 5.41) is 0. The molecule has 1 aliphatic heterocycles. The highest BCUT2D eigenvalue weighted by Gasteiger charge is 2.27. The van der Waals surface area contributed by atoms with Gasteiger partial charge < -0.3 is 9.32 Å². The Balaban J connectivity index is 1.54. The van der Waals surface area contributed by atoms with Crippen LogP contribution in [-0.4, -0.2) is 20.9 Å². The Morgan fingerprint density at radius 3 is 2.64 bits per heavy atom.